The normalized spacial score (nSPS) is 21.5. The number of anilines is 1. The SMILES string of the molecule is CCOc1ncnc(NCC2NCCCC2(C)C)c1C. The highest BCUT2D eigenvalue weighted by Crippen LogP contribution is 2.30. The zero-order valence-corrected chi connectivity index (χ0v) is 13.0. The maximum absolute atomic E-state index is 5.50. The molecule has 0 spiro atoms. The standard InChI is InChI=1S/C15H26N4O/c1-5-20-14-11(2)13(18-10-19-14)17-9-12-15(3,4)7-6-8-16-12/h10,12,16H,5-9H2,1-4H3,(H,17,18,19). The third kappa shape index (κ3) is 3.39. The fourth-order valence-corrected chi connectivity index (χ4v) is 2.71. The molecule has 0 saturated carbocycles. The van der Waals surface area contributed by atoms with Crippen LogP contribution in [-0.2, 0) is 0 Å². The van der Waals surface area contributed by atoms with Crippen LogP contribution in [0.2, 0.25) is 0 Å². The summed E-state index contributed by atoms with van der Waals surface area (Å²) < 4.78 is 5.50. The zero-order chi connectivity index (χ0) is 14.6. The van der Waals surface area contributed by atoms with Gasteiger partial charge in [-0.05, 0) is 38.6 Å². The van der Waals surface area contributed by atoms with Gasteiger partial charge in [0.2, 0.25) is 5.88 Å². The molecule has 0 amide bonds. The number of rotatable bonds is 5. The van der Waals surface area contributed by atoms with Gasteiger partial charge >= 0.3 is 0 Å². The van der Waals surface area contributed by atoms with Crippen molar-refractivity contribution in [3.8, 4) is 5.88 Å². The molecule has 0 aliphatic carbocycles. The molecule has 0 aromatic carbocycles. The minimum Gasteiger partial charge on any atom is -0.478 e. The van der Waals surface area contributed by atoms with Gasteiger partial charge in [0, 0.05) is 12.6 Å². The third-order valence-corrected chi connectivity index (χ3v) is 4.12. The summed E-state index contributed by atoms with van der Waals surface area (Å²) in [6, 6.07) is 0.459. The van der Waals surface area contributed by atoms with Gasteiger partial charge in [-0.25, -0.2) is 9.97 Å². The molecule has 1 aromatic rings. The van der Waals surface area contributed by atoms with Crippen molar-refractivity contribution in [1.82, 2.24) is 15.3 Å². The molecule has 1 unspecified atom stereocenters. The van der Waals surface area contributed by atoms with Crippen molar-refractivity contribution in [2.75, 3.05) is 25.0 Å². The van der Waals surface area contributed by atoms with Crippen molar-refractivity contribution in [2.45, 2.75) is 46.6 Å². The van der Waals surface area contributed by atoms with Crippen LogP contribution < -0.4 is 15.4 Å². The first-order valence-electron chi connectivity index (χ1n) is 7.46. The number of aromatic nitrogens is 2. The predicted molar refractivity (Wildman–Crippen MR) is 81.2 cm³/mol. The van der Waals surface area contributed by atoms with Crippen molar-refractivity contribution in [3.63, 3.8) is 0 Å². The molecule has 1 saturated heterocycles. The maximum atomic E-state index is 5.50. The van der Waals surface area contributed by atoms with Gasteiger partial charge in [-0.3, -0.25) is 0 Å². The van der Waals surface area contributed by atoms with Crippen LogP contribution in [0.5, 0.6) is 5.88 Å². The Hall–Kier alpha value is -1.36. The molecule has 112 valence electrons. The highest BCUT2D eigenvalue weighted by atomic mass is 16.5. The van der Waals surface area contributed by atoms with Crippen molar-refractivity contribution in [2.24, 2.45) is 5.41 Å². The van der Waals surface area contributed by atoms with E-state index in [0.29, 0.717) is 23.9 Å². The first-order valence-corrected chi connectivity index (χ1v) is 7.46. The number of hydrogen-bond acceptors (Lipinski definition) is 5. The number of nitrogens with zero attached hydrogens (tertiary/aromatic N) is 2. The van der Waals surface area contributed by atoms with Gasteiger partial charge in [0.1, 0.15) is 12.1 Å². The summed E-state index contributed by atoms with van der Waals surface area (Å²) in [5.41, 5.74) is 1.29. The Morgan fingerprint density at radius 1 is 1.45 bits per heavy atom. The first kappa shape index (κ1) is 15.0. The highest BCUT2D eigenvalue weighted by molar-refractivity contribution is 5.47. The van der Waals surface area contributed by atoms with E-state index in [4.69, 9.17) is 4.74 Å². The lowest BCUT2D eigenvalue weighted by Crippen LogP contribution is -2.50. The second-order valence-electron chi connectivity index (χ2n) is 6.07. The van der Waals surface area contributed by atoms with Crippen LogP contribution in [0.3, 0.4) is 0 Å². The fourth-order valence-electron chi connectivity index (χ4n) is 2.71. The lowest BCUT2D eigenvalue weighted by atomic mass is 9.77. The Balaban J connectivity index is 2.01. The molecule has 1 aromatic heterocycles. The summed E-state index contributed by atoms with van der Waals surface area (Å²) in [6.07, 6.45) is 4.07. The van der Waals surface area contributed by atoms with Crippen molar-refractivity contribution >= 4 is 5.82 Å². The molecule has 1 aliphatic heterocycles. The minimum atomic E-state index is 0.314. The molecular formula is C15H26N4O. The summed E-state index contributed by atoms with van der Waals surface area (Å²) in [6.45, 7) is 11.2. The zero-order valence-electron chi connectivity index (χ0n) is 13.0. The molecule has 5 nitrogen and oxygen atoms in total. The van der Waals surface area contributed by atoms with Crippen molar-refractivity contribution < 1.29 is 4.74 Å². The van der Waals surface area contributed by atoms with E-state index in [9.17, 15) is 0 Å². The van der Waals surface area contributed by atoms with Gasteiger partial charge in [-0.15, -0.1) is 0 Å². The van der Waals surface area contributed by atoms with E-state index >= 15 is 0 Å². The Labute approximate surface area is 121 Å². The van der Waals surface area contributed by atoms with Crippen LogP contribution >= 0.6 is 0 Å². The summed E-state index contributed by atoms with van der Waals surface area (Å²) in [4.78, 5) is 8.49. The van der Waals surface area contributed by atoms with E-state index < -0.39 is 0 Å². The van der Waals surface area contributed by atoms with Crippen LogP contribution in [0.25, 0.3) is 0 Å². The smallest absolute Gasteiger partial charge is 0.221 e. The number of piperidine rings is 1. The lowest BCUT2D eigenvalue weighted by molar-refractivity contribution is 0.188. The van der Waals surface area contributed by atoms with Gasteiger partial charge in [0.15, 0.2) is 0 Å². The number of ether oxygens (including phenoxy) is 1. The molecular weight excluding hydrogens is 252 g/mol. The minimum absolute atomic E-state index is 0.314. The van der Waals surface area contributed by atoms with Crippen LogP contribution in [0.15, 0.2) is 6.33 Å². The van der Waals surface area contributed by atoms with E-state index in [1.807, 2.05) is 13.8 Å². The molecule has 2 heterocycles. The Kier molecular flexibility index (Phi) is 4.81. The second kappa shape index (κ2) is 6.39. The first-order chi connectivity index (χ1) is 9.54. The fraction of sp³-hybridized carbons (Fsp3) is 0.733. The van der Waals surface area contributed by atoms with Crippen LogP contribution in [0.4, 0.5) is 5.82 Å². The van der Waals surface area contributed by atoms with E-state index in [1.165, 1.54) is 12.8 Å². The lowest BCUT2D eigenvalue weighted by Gasteiger charge is -2.39. The van der Waals surface area contributed by atoms with Crippen molar-refractivity contribution in [3.05, 3.63) is 11.9 Å². The van der Waals surface area contributed by atoms with E-state index in [2.05, 4.69) is 34.4 Å². The monoisotopic (exact) mass is 278 g/mol. The van der Waals surface area contributed by atoms with Gasteiger partial charge < -0.3 is 15.4 Å². The molecule has 1 atom stereocenters. The third-order valence-electron chi connectivity index (χ3n) is 4.12. The molecule has 0 radical (unpaired) electrons. The quantitative estimate of drug-likeness (QED) is 0.866. The topological polar surface area (TPSA) is 59.1 Å². The molecule has 0 bridgehead atoms. The van der Waals surface area contributed by atoms with Crippen LogP contribution in [0, 0.1) is 12.3 Å². The molecule has 2 N–H and O–H groups in total. The van der Waals surface area contributed by atoms with Gasteiger partial charge in [-0.1, -0.05) is 13.8 Å². The summed E-state index contributed by atoms with van der Waals surface area (Å²) in [7, 11) is 0. The number of hydrogen-bond donors (Lipinski definition) is 2. The summed E-state index contributed by atoms with van der Waals surface area (Å²) >= 11 is 0. The summed E-state index contributed by atoms with van der Waals surface area (Å²) in [5.74, 6) is 1.53. The predicted octanol–water partition coefficient (Wildman–Crippen LogP) is 2.37. The van der Waals surface area contributed by atoms with Gasteiger partial charge in [0.05, 0.1) is 12.2 Å². The second-order valence-corrected chi connectivity index (χ2v) is 6.07. The molecule has 5 heteroatoms. The van der Waals surface area contributed by atoms with E-state index in [0.717, 1.165) is 24.5 Å². The maximum Gasteiger partial charge on any atom is 0.221 e. The molecule has 20 heavy (non-hydrogen) atoms. The van der Waals surface area contributed by atoms with Gasteiger partial charge in [0.25, 0.3) is 0 Å². The molecule has 1 aliphatic rings. The summed E-state index contributed by atoms with van der Waals surface area (Å²) in [5, 5.41) is 7.05. The molecule has 1 fully saturated rings. The molecule has 2 rings (SSSR count). The average molecular weight is 278 g/mol. The van der Waals surface area contributed by atoms with Crippen molar-refractivity contribution in [1.29, 1.82) is 0 Å². The average Bonchev–Trinajstić information content (AvgIpc) is 2.41. The van der Waals surface area contributed by atoms with E-state index in [-0.39, 0.29) is 0 Å². The Morgan fingerprint density at radius 2 is 2.25 bits per heavy atom. The number of nitrogens with one attached hydrogen (secondary N) is 2. The Bertz CT molecular complexity index is 447. The van der Waals surface area contributed by atoms with Crippen LogP contribution in [-0.4, -0.2) is 35.7 Å². The van der Waals surface area contributed by atoms with Gasteiger partial charge in [-0.2, -0.15) is 0 Å². The Morgan fingerprint density at radius 3 is 2.95 bits per heavy atom. The largest absolute Gasteiger partial charge is 0.478 e. The highest BCUT2D eigenvalue weighted by Gasteiger charge is 2.31. The van der Waals surface area contributed by atoms with E-state index in [1.54, 1.807) is 6.33 Å². The van der Waals surface area contributed by atoms with Crippen LogP contribution in [0.1, 0.15) is 39.2 Å².